The molecule has 4 N–H and O–H groups in total. The molecule has 0 amide bonds. The van der Waals surface area contributed by atoms with Crippen molar-refractivity contribution < 1.29 is 23.4 Å². The standard InChI is InChI=1S/C10H13F3N2O3/c1-14-4-7(16)8(17)5-2-6(10(11,12)13)9(18)15-3-5/h2-3,7-8,14,16-17H,4H2,1H3,(H,15,18). The minimum atomic E-state index is -4.81. The second-order valence-electron chi connectivity index (χ2n) is 3.74. The number of likely N-dealkylation sites (N-methyl/N-ethyl adjacent to an activating group) is 1. The van der Waals surface area contributed by atoms with Crippen LogP contribution in [0.25, 0.3) is 0 Å². The molecule has 2 unspecified atom stereocenters. The number of pyridine rings is 1. The van der Waals surface area contributed by atoms with Gasteiger partial charge in [0.15, 0.2) is 0 Å². The van der Waals surface area contributed by atoms with Crippen LogP contribution in [0.3, 0.4) is 0 Å². The van der Waals surface area contributed by atoms with Crippen LogP contribution in [0.2, 0.25) is 0 Å². The van der Waals surface area contributed by atoms with Gasteiger partial charge in [0.1, 0.15) is 11.7 Å². The average molecular weight is 266 g/mol. The predicted octanol–water partition coefficient (Wildman–Crippen LogP) is 0.00740. The van der Waals surface area contributed by atoms with Gasteiger partial charge in [-0.3, -0.25) is 4.79 Å². The Kier molecular flexibility index (Phi) is 4.49. The fraction of sp³-hybridized carbons (Fsp3) is 0.500. The minimum Gasteiger partial charge on any atom is -0.389 e. The number of aliphatic hydroxyl groups is 2. The first kappa shape index (κ1) is 14.7. The highest BCUT2D eigenvalue weighted by molar-refractivity contribution is 5.23. The topological polar surface area (TPSA) is 85.3 Å². The van der Waals surface area contributed by atoms with E-state index in [1.165, 1.54) is 7.05 Å². The Morgan fingerprint density at radius 3 is 2.56 bits per heavy atom. The number of rotatable bonds is 4. The van der Waals surface area contributed by atoms with Gasteiger partial charge in [0, 0.05) is 18.3 Å². The number of aromatic amines is 1. The van der Waals surface area contributed by atoms with Crippen molar-refractivity contribution in [1.82, 2.24) is 10.3 Å². The van der Waals surface area contributed by atoms with Gasteiger partial charge in [0.2, 0.25) is 0 Å². The van der Waals surface area contributed by atoms with Crippen molar-refractivity contribution in [2.24, 2.45) is 0 Å². The van der Waals surface area contributed by atoms with Crippen LogP contribution >= 0.6 is 0 Å². The zero-order valence-electron chi connectivity index (χ0n) is 9.45. The summed E-state index contributed by atoms with van der Waals surface area (Å²) < 4.78 is 37.4. The van der Waals surface area contributed by atoms with Gasteiger partial charge in [-0.1, -0.05) is 0 Å². The molecule has 0 radical (unpaired) electrons. The average Bonchev–Trinajstić information content (AvgIpc) is 2.27. The van der Waals surface area contributed by atoms with Crippen molar-refractivity contribution in [2.45, 2.75) is 18.4 Å². The molecule has 0 aliphatic carbocycles. The summed E-state index contributed by atoms with van der Waals surface area (Å²) in [4.78, 5) is 12.9. The van der Waals surface area contributed by atoms with E-state index in [0.717, 1.165) is 6.20 Å². The number of aliphatic hydroxyl groups excluding tert-OH is 2. The Morgan fingerprint density at radius 2 is 2.06 bits per heavy atom. The molecule has 1 aromatic heterocycles. The van der Waals surface area contributed by atoms with Gasteiger partial charge >= 0.3 is 6.18 Å². The molecule has 0 fully saturated rings. The molecular weight excluding hydrogens is 253 g/mol. The summed E-state index contributed by atoms with van der Waals surface area (Å²) in [6.45, 7) is 0.00163. The third kappa shape index (κ3) is 3.31. The number of nitrogens with one attached hydrogen (secondary N) is 2. The lowest BCUT2D eigenvalue weighted by Gasteiger charge is -2.18. The van der Waals surface area contributed by atoms with E-state index in [1.54, 1.807) is 0 Å². The summed E-state index contributed by atoms with van der Waals surface area (Å²) in [5.74, 6) is 0. The molecule has 8 heteroatoms. The lowest BCUT2D eigenvalue weighted by molar-refractivity contribution is -0.138. The number of H-pyrrole nitrogens is 1. The van der Waals surface area contributed by atoms with Gasteiger partial charge in [0.05, 0.1) is 6.10 Å². The fourth-order valence-corrected chi connectivity index (χ4v) is 1.42. The molecule has 102 valence electrons. The highest BCUT2D eigenvalue weighted by Gasteiger charge is 2.35. The minimum absolute atomic E-state index is 0.00163. The van der Waals surface area contributed by atoms with Crippen molar-refractivity contribution in [3.05, 3.63) is 33.7 Å². The second kappa shape index (κ2) is 5.51. The van der Waals surface area contributed by atoms with Crippen LogP contribution in [0.4, 0.5) is 13.2 Å². The van der Waals surface area contributed by atoms with Gasteiger partial charge in [-0.15, -0.1) is 0 Å². The predicted molar refractivity (Wildman–Crippen MR) is 57.0 cm³/mol. The molecule has 1 aromatic rings. The van der Waals surface area contributed by atoms with Crippen LogP contribution in [-0.4, -0.2) is 34.9 Å². The number of hydrogen-bond acceptors (Lipinski definition) is 4. The number of alkyl halides is 3. The quantitative estimate of drug-likeness (QED) is 0.618. The highest BCUT2D eigenvalue weighted by Crippen LogP contribution is 2.28. The van der Waals surface area contributed by atoms with Gasteiger partial charge < -0.3 is 20.5 Å². The highest BCUT2D eigenvalue weighted by atomic mass is 19.4. The lowest BCUT2D eigenvalue weighted by Crippen LogP contribution is -2.30. The van der Waals surface area contributed by atoms with Gasteiger partial charge in [0.25, 0.3) is 5.56 Å². The molecule has 0 aliphatic rings. The SMILES string of the molecule is CNCC(O)C(O)c1c[nH]c(=O)c(C(F)(F)F)c1. The van der Waals surface area contributed by atoms with Crippen LogP contribution in [0.15, 0.2) is 17.1 Å². The summed E-state index contributed by atoms with van der Waals surface area (Å²) in [7, 11) is 1.52. The fourth-order valence-electron chi connectivity index (χ4n) is 1.42. The zero-order valence-corrected chi connectivity index (χ0v) is 9.45. The van der Waals surface area contributed by atoms with Crippen LogP contribution < -0.4 is 10.9 Å². The molecule has 0 saturated carbocycles. The van der Waals surface area contributed by atoms with Crippen molar-refractivity contribution in [3.63, 3.8) is 0 Å². The van der Waals surface area contributed by atoms with E-state index in [9.17, 15) is 28.2 Å². The first-order valence-electron chi connectivity index (χ1n) is 5.08. The Labute approximate surface area is 100 Å². The third-order valence-electron chi connectivity index (χ3n) is 2.35. The summed E-state index contributed by atoms with van der Waals surface area (Å²) in [6, 6.07) is 0.530. The van der Waals surface area contributed by atoms with E-state index in [1.807, 2.05) is 4.98 Å². The molecule has 18 heavy (non-hydrogen) atoms. The summed E-state index contributed by atoms with van der Waals surface area (Å²) in [5, 5.41) is 21.6. The van der Waals surface area contributed by atoms with Crippen molar-refractivity contribution in [1.29, 1.82) is 0 Å². The normalized spacial score (nSPS) is 15.4. The monoisotopic (exact) mass is 266 g/mol. The summed E-state index contributed by atoms with van der Waals surface area (Å²) in [6.07, 6.45) is -6.66. The van der Waals surface area contributed by atoms with E-state index in [2.05, 4.69) is 5.32 Å². The Bertz CT molecular complexity index is 458. The molecule has 1 heterocycles. The van der Waals surface area contributed by atoms with Gasteiger partial charge in [-0.2, -0.15) is 13.2 Å². The van der Waals surface area contributed by atoms with Crippen molar-refractivity contribution in [2.75, 3.05) is 13.6 Å². The summed E-state index contributed by atoms with van der Waals surface area (Å²) in [5.41, 5.74) is -2.90. The smallest absolute Gasteiger partial charge is 0.389 e. The maximum atomic E-state index is 12.5. The molecule has 1 rings (SSSR count). The molecule has 0 spiro atoms. The first-order valence-corrected chi connectivity index (χ1v) is 5.08. The summed E-state index contributed by atoms with van der Waals surface area (Å²) >= 11 is 0. The lowest BCUT2D eigenvalue weighted by atomic mass is 10.0. The van der Waals surface area contributed by atoms with Crippen LogP contribution in [-0.2, 0) is 6.18 Å². The Morgan fingerprint density at radius 1 is 1.44 bits per heavy atom. The molecule has 0 aliphatic heterocycles. The molecule has 5 nitrogen and oxygen atoms in total. The molecule has 0 saturated heterocycles. The zero-order chi connectivity index (χ0) is 13.9. The first-order chi connectivity index (χ1) is 8.27. The maximum Gasteiger partial charge on any atom is 0.421 e. The van der Waals surface area contributed by atoms with E-state index in [4.69, 9.17) is 0 Å². The van der Waals surface area contributed by atoms with E-state index in [-0.39, 0.29) is 12.1 Å². The molecule has 0 aromatic carbocycles. The Balaban J connectivity index is 3.09. The van der Waals surface area contributed by atoms with Crippen LogP contribution in [0.5, 0.6) is 0 Å². The van der Waals surface area contributed by atoms with E-state index < -0.39 is 29.5 Å². The second-order valence-corrected chi connectivity index (χ2v) is 3.74. The third-order valence-corrected chi connectivity index (χ3v) is 2.35. The number of halogens is 3. The van der Waals surface area contributed by atoms with Crippen molar-refractivity contribution >= 4 is 0 Å². The Hall–Kier alpha value is -1.38. The van der Waals surface area contributed by atoms with Gasteiger partial charge in [-0.05, 0) is 13.1 Å². The van der Waals surface area contributed by atoms with Gasteiger partial charge in [-0.25, -0.2) is 0 Å². The largest absolute Gasteiger partial charge is 0.421 e. The van der Waals surface area contributed by atoms with E-state index in [0.29, 0.717) is 6.07 Å². The van der Waals surface area contributed by atoms with E-state index >= 15 is 0 Å². The maximum absolute atomic E-state index is 12.5. The van der Waals surface area contributed by atoms with Crippen LogP contribution in [0, 0.1) is 0 Å². The number of aromatic nitrogens is 1. The van der Waals surface area contributed by atoms with Crippen LogP contribution in [0.1, 0.15) is 17.2 Å². The number of hydrogen-bond donors (Lipinski definition) is 4. The molecule has 2 atom stereocenters. The molecular formula is C10H13F3N2O3. The molecule has 0 bridgehead atoms. The van der Waals surface area contributed by atoms with Crippen molar-refractivity contribution in [3.8, 4) is 0 Å².